The molecule has 3 rings (SSSR count). The van der Waals surface area contributed by atoms with E-state index in [1.54, 1.807) is 36.4 Å². The number of aromatic nitrogens is 2. The van der Waals surface area contributed by atoms with Crippen molar-refractivity contribution in [2.75, 3.05) is 0 Å². The molecule has 3 aromatic rings. The van der Waals surface area contributed by atoms with Crippen molar-refractivity contribution in [2.24, 2.45) is 0 Å². The normalized spacial score (nSPS) is 10.5. The molecule has 0 amide bonds. The first-order valence-corrected chi connectivity index (χ1v) is 6.36. The number of halogens is 1. The van der Waals surface area contributed by atoms with E-state index in [4.69, 9.17) is 16.1 Å². The molecule has 0 aliphatic rings. The summed E-state index contributed by atoms with van der Waals surface area (Å²) in [5.41, 5.74) is 1.09. The van der Waals surface area contributed by atoms with E-state index >= 15 is 0 Å². The molecule has 0 spiro atoms. The van der Waals surface area contributed by atoms with Gasteiger partial charge in [0.05, 0.1) is 15.5 Å². The largest absolute Gasteiger partial charge is 0.334 e. The summed E-state index contributed by atoms with van der Waals surface area (Å²) in [6.45, 7) is 0. The highest BCUT2D eigenvalue weighted by molar-refractivity contribution is 6.33. The van der Waals surface area contributed by atoms with Crippen molar-refractivity contribution in [3.63, 3.8) is 0 Å². The Morgan fingerprint density at radius 2 is 1.95 bits per heavy atom. The molecule has 21 heavy (non-hydrogen) atoms. The zero-order valence-electron chi connectivity index (χ0n) is 10.6. The van der Waals surface area contributed by atoms with Gasteiger partial charge in [-0.15, -0.1) is 0 Å². The smallest absolute Gasteiger partial charge is 0.270 e. The van der Waals surface area contributed by atoms with Gasteiger partial charge in [-0.1, -0.05) is 41.0 Å². The fourth-order valence-corrected chi connectivity index (χ4v) is 2.06. The molecule has 0 saturated carbocycles. The first kappa shape index (κ1) is 13.3. The minimum Gasteiger partial charge on any atom is -0.334 e. The quantitative estimate of drug-likeness (QED) is 0.540. The lowest BCUT2D eigenvalue weighted by Gasteiger charge is -1.96. The van der Waals surface area contributed by atoms with E-state index in [1.807, 2.05) is 0 Å². The maximum atomic E-state index is 10.8. The first-order valence-electron chi connectivity index (χ1n) is 5.98. The molecule has 7 heteroatoms. The van der Waals surface area contributed by atoms with Gasteiger partial charge in [0.2, 0.25) is 5.82 Å². The van der Waals surface area contributed by atoms with Gasteiger partial charge < -0.3 is 4.52 Å². The van der Waals surface area contributed by atoms with Crippen molar-refractivity contribution in [3.8, 4) is 22.8 Å². The molecular formula is C14H8ClN3O3. The highest BCUT2D eigenvalue weighted by Gasteiger charge is 2.15. The SMILES string of the molecule is O=[N+]([O-])c1cccc(-c2noc(-c3ccccc3Cl)n2)c1. The van der Waals surface area contributed by atoms with Crippen molar-refractivity contribution in [3.05, 3.63) is 63.7 Å². The minimum absolute atomic E-state index is 0.0309. The van der Waals surface area contributed by atoms with Crippen LogP contribution in [-0.2, 0) is 0 Å². The second-order valence-corrected chi connectivity index (χ2v) is 4.62. The summed E-state index contributed by atoms with van der Waals surface area (Å²) in [5.74, 6) is 0.538. The zero-order chi connectivity index (χ0) is 14.8. The van der Waals surface area contributed by atoms with Crippen LogP contribution in [0.5, 0.6) is 0 Å². The molecule has 104 valence electrons. The van der Waals surface area contributed by atoms with E-state index in [1.165, 1.54) is 12.1 Å². The number of rotatable bonds is 3. The molecule has 0 unspecified atom stereocenters. The fraction of sp³-hybridized carbons (Fsp3) is 0. The first-order chi connectivity index (χ1) is 10.1. The minimum atomic E-state index is -0.474. The number of nitrogens with zero attached hydrogens (tertiary/aromatic N) is 3. The molecule has 0 bridgehead atoms. The Balaban J connectivity index is 2.01. The van der Waals surface area contributed by atoms with E-state index in [0.29, 0.717) is 16.1 Å². The van der Waals surface area contributed by atoms with Crippen LogP contribution in [0.15, 0.2) is 53.1 Å². The zero-order valence-corrected chi connectivity index (χ0v) is 11.3. The predicted octanol–water partition coefficient (Wildman–Crippen LogP) is 3.97. The lowest BCUT2D eigenvalue weighted by atomic mass is 10.2. The van der Waals surface area contributed by atoms with Gasteiger partial charge in [0.1, 0.15) is 0 Å². The molecule has 0 aliphatic heterocycles. The predicted molar refractivity (Wildman–Crippen MR) is 76.8 cm³/mol. The number of non-ortho nitro benzene ring substituents is 1. The summed E-state index contributed by atoms with van der Waals surface area (Å²) in [4.78, 5) is 14.5. The third-order valence-corrected chi connectivity index (χ3v) is 3.18. The molecule has 0 saturated heterocycles. The third kappa shape index (κ3) is 2.61. The number of nitro groups is 1. The van der Waals surface area contributed by atoms with Crippen LogP contribution in [0, 0.1) is 10.1 Å². The highest BCUT2D eigenvalue weighted by atomic mass is 35.5. The number of nitro benzene ring substituents is 1. The van der Waals surface area contributed by atoms with E-state index in [9.17, 15) is 10.1 Å². The van der Waals surface area contributed by atoms with Gasteiger partial charge in [0.25, 0.3) is 11.6 Å². The van der Waals surface area contributed by atoms with Crippen LogP contribution in [0.1, 0.15) is 0 Å². The monoisotopic (exact) mass is 301 g/mol. The van der Waals surface area contributed by atoms with Crippen molar-refractivity contribution in [1.29, 1.82) is 0 Å². The maximum absolute atomic E-state index is 10.8. The summed E-state index contributed by atoms with van der Waals surface area (Å²) in [6, 6.07) is 13.1. The molecule has 0 aliphatic carbocycles. The lowest BCUT2D eigenvalue weighted by Crippen LogP contribution is -1.88. The Kier molecular flexibility index (Phi) is 3.37. The average molecular weight is 302 g/mol. The van der Waals surface area contributed by atoms with Crippen LogP contribution >= 0.6 is 11.6 Å². The van der Waals surface area contributed by atoms with Crippen molar-refractivity contribution in [1.82, 2.24) is 10.1 Å². The van der Waals surface area contributed by atoms with Crippen LogP contribution < -0.4 is 0 Å². The lowest BCUT2D eigenvalue weighted by molar-refractivity contribution is -0.384. The Morgan fingerprint density at radius 3 is 2.71 bits per heavy atom. The van der Waals surface area contributed by atoms with Gasteiger partial charge in [0, 0.05) is 17.7 Å². The molecule has 0 N–H and O–H groups in total. The van der Waals surface area contributed by atoms with Crippen LogP contribution in [-0.4, -0.2) is 15.1 Å². The Morgan fingerprint density at radius 1 is 1.14 bits per heavy atom. The number of benzene rings is 2. The third-order valence-electron chi connectivity index (χ3n) is 2.85. The maximum Gasteiger partial charge on any atom is 0.270 e. The second-order valence-electron chi connectivity index (χ2n) is 4.21. The molecular weight excluding hydrogens is 294 g/mol. The van der Waals surface area contributed by atoms with Crippen molar-refractivity contribution >= 4 is 17.3 Å². The average Bonchev–Trinajstić information content (AvgIpc) is 2.97. The highest BCUT2D eigenvalue weighted by Crippen LogP contribution is 2.28. The van der Waals surface area contributed by atoms with E-state index < -0.39 is 4.92 Å². The van der Waals surface area contributed by atoms with Gasteiger partial charge in [0.15, 0.2) is 0 Å². The summed E-state index contributed by atoms with van der Waals surface area (Å²) in [7, 11) is 0. The van der Waals surface area contributed by atoms with E-state index in [2.05, 4.69) is 10.1 Å². The van der Waals surface area contributed by atoms with Crippen molar-refractivity contribution in [2.45, 2.75) is 0 Å². The van der Waals surface area contributed by atoms with E-state index in [-0.39, 0.29) is 17.4 Å². The van der Waals surface area contributed by atoms with Crippen LogP contribution in [0.4, 0.5) is 5.69 Å². The summed E-state index contributed by atoms with van der Waals surface area (Å²) in [5, 5.41) is 15.1. The molecule has 1 heterocycles. The van der Waals surface area contributed by atoms with Gasteiger partial charge >= 0.3 is 0 Å². The Labute approximate surface area is 124 Å². The molecule has 0 radical (unpaired) electrons. The summed E-state index contributed by atoms with van der Waals surface area (Å²) < 4.78 is 5.17. The molecule has 1 aromatic heterocycles. The van der Waals surface area contributed by atoms with Gasteiger partial charge in [-0.25, -0.2) is 0 Å². The van der Waals surface area contributed by atoms with E-state index in [0.717, 1.165) is 0 Å². The number of hydrogen-bond acceptors (Lipinski definition) is 5. The fourth-order valence-electron chi connectivity index (χ4n) is 1.84. The topological polar surface area (TPSA) is 82.1 Å². The van der Waals surface area contributed by atoms with Crippen LogP contribution in [0.3, 0.4) is 0 Å². The van der Waals surface area contributed by atoms with Gasteiger partial charge in [-0.3, -0.25) is 10.1 Å². The molecule has 0 atom stereocenters. The second kappa shape index (κ2) is 5.34. The van der Waals surface area contributed by atoms with Gasteiger partial charge in [-0.05, 0) is 12.1 Å². The Bertz CT molecular complexity index is 816. The van der Waals surface area contributed by atoms with Crippen molar-refractivity contribution < 1.29 is 9.45 Å². The number of hydrogen-bond donors (Lipinski definition) is 0. The molecule has 0 fully saturated rings. The summed E-state index contributed by atoms with van der Waals surface area (Å²) >= 11 is 6.06. The van der Waals surface area contributed by atoms with Gasteiger partial charge in [-0.2, -0.15) is 4.98 Å². The summed E-state index contributed by atoms with van der Waals surface area (Å²) in [6.07, 6.45) is 0. The van der Waals surface area contributed by atoms with Crippen LogP contribution in [0.25, 0.3) is 22.8 Å². The Hall–Kier alpha value is -2.73. The molecule has 6 nitrogen and oxygen atoms in total. The van der Waals surface area contributed by atoms with Crippen LogP contribution in [0.2, 0.25) is 5.02 Å². The standard InChI is InChI=1S/C14H8ClN3O3/c15-12-7-2-1-6-11(12)14-16-13(17-21-14)9-4-3-5-10(8-9)18(19)20/h1-8H. The molecule has 2 aromatic carbocycles.